The standard InChI is InChI=1S/C16H20ClNO/c1-18-7-6-12-8-15(17)16(19)9-13(12)14(10-18)11-4-2-3-5-11/h4,8-9,14,19H,2-3,5-7,10H2,1H3/t14-/m1/s1. The first-order valence-electron chi connectivity index (χ1n) is 7.04. The summed E-state index contributed by atoms with van der Waals surface area (Å²) in [7, 11) is 2.18. The molecule has 1 aromatic rings. The molecule has 3 rings (SSSR count). The van der Waals surface area contributed by atoms with Crippen LogP contribution in [0.15, 0.2) is 23.8 Å². The van der Waals surface area contributed by atoms with Crippen molar-refractivity contribution in [2.45, 2.75) is 31.6 Å². The van der Waals surface area contributed by atoms with Gasteiger partial charge in [-0.15, -0.1) is 0 Å². The molecular weight excluding hydrogens is 258 g/mol. The van der Waals surface area contributed by atoms with E-state index in [2.05, 4.69) is 18.0 Å². The molecule has 3 heteroatoms. The molecule has 0 amide bonds. The number of hydrogen-bond donors (Lipinski definition) is 1. The summed E-state index contributed by atoms with van der Waals surface area (Å²) in [5, 5.41) is 10.4. The van der Waals surface area contributed by atoms with Crippen LogP contribution < -0.4 is 0 Å². The smallest absolute Gasteiger partial charge is 0.134 e. The largest absolute Gasteiger partial charge is 0.506 e. The average molecular weight is 278 g/mol. The number of likely N-dealkylation sites (N-methyl/N-ethyl adjacent to an activating group) is 1. The summed E-state index contributed by atoms with van der Waals surface area (Å²) in [6, 6.07) is 3.84. The van der Waals surface area contributed by atoms with Crippen molar-refractivity contribution in [3.05, 3.63) is 39.9 Å². The first-order valence-corrected chi connectivity index (χ1v) is 7.41. The van der Waals surface area contributed by atoms with Gasteiger partial charge in [0, 0.05) is 19.0 Å². The molecule has 0 aromatic heterocycles. The van der Waals surface area contributed by atoms with E-state index in [9.17, 15) is 5.11 Å². The lowest BCUT2D eigenvalue weighted by atomic mass is 9.87. The van der Waals surface area contributed by atoms with E-state index < -0.39 is 0 Å². The predicted octanol–water partition coefficient (Wildman–Crippen LogP) is 3.73. The lowest BCUT2D eigenvalue weighted by Crippen LogP contribution is -2.24. The number of benzene rings is 1. The zero-order valence-corrected chi connectivity index (χ0v) is 12.1. The Balaban J connectivity index is 2.06. The molecule has 1 aliphatic heterocycles. The van der Waals surface area contributed by atoms with E-state index in [1.807, 2.05) is 12.1 Å². The van der Waals surface area contributed by atoms with Gasteiger partial charge in [0.25, 0.3) is 0 Å². The van der Waals surface area contributed by atoms with E-state index in [1.54, 1.807) is 0 Å². The molecule has 0 unspecified atom stereocenters. The van der Waals surface area contributed by atoms with Crippen molar-refractivity contribution in [1.29, 1.82) is 0 Å². The second kappa shape index (κ2) is 5.18. The molecule has 1 aromatic carbocycles. The fourth-order valence-corrected chi connectivity index (χ4v) is 3.49. The van der Waals surface area contributed by atoms with Crippen molar-refractivity contribution < 1.29 is 5.11 Å². The monoisotopic (exact) mass is 277 g/mol. The van der Waals surface area contributed by atoms with Gasteiger partial charge in [0.1, 0.15) is 5.75 Å². The highest BCUT2D eigenvalue weighted by molar-refractivity contribution is 6.32. The Labute approximate surface area is 119 Å². The van der Waals surface area contributed by atoms with Gasteiger partial charge in [-0.05, 0) is 56.0 Å². The lowest BCUT2D eigenvalue weighted by molar-refractivity contribution is 0.335. The molecule has 0 spiro atoms. The molecular formula is C16H20ClNO. The van der Waals surface area contributed by atoms with Crippen LogP contribution in [0.2, 0.25) is 5.02 Å². The summed E-state index contributed by atoms with van der Waals surface area (Å²) in [4.78, 5) is 2.38. The van der Waals surface area contributed by atoms with Gasteiger partial charge in [0.2, 0.25) is 0 Å². The predicted molar refractivity (Wildman–Crippen MR) is 79.0 cm³/mol. The molecule has 0 saturated carbocycles. The molecule has 1 heterocycles. The maximum atomic E-state index is 9.93. The summed E-state index contributed by atoms with van der Waals surface area (Å²) < 4.78 is 0. The fourth-order valence-electron chi connectivity index (χ4n) is 3.30. The lowest BCUT2D eigenvalue weighted by Gasteiger charge is -2.23. The Bertz CT molecular complexity index is 524. The first-order chi connectivity index (χ1) is 9.15. The van der Waals surface area contributed by atoms with Crippen LogP contribution in [0.4, 0.5) is 0 Å². The van der Waals surface area contributed by atoms with Crippen LogP contribution >= 0.6 is 11.6 Å². The van der Waals surface area contributed by atoms with Crippen LogP contribution in [-0.2, 0) is 6.42 Å². The van der Waals surface area contributed by atoms with Crippen molar-refractivity contribution in [3.63, 3.8) is 0 Å². The van der Waals surface area contributed by atoms with E-state index in [-0.39, 0.29) is 5.75 Å². The highest BCUT2D eigenvalue weighted by atomic mass is 35.5. The first kappa shape index (κ1) is 13.0. The molecule has 2 aliphatic rings. The maximum absolute atomic E-state index is 9.93. The maximum Gasteiger partial charge on any atom is 0.134 e. The number of phenolic OH excluding ortho intramolecular Hbond substituents is 1. The van der Waals surface area contributed by atoms with E-state index in [4.69, 9.17) is 11.6 Å². The Hall–Kier alpha value is -0.990. The number of hydrogen-bond acceptors (Lipinski definition) is 2. The normalized spacial score (nSPS) is 23.9. The van der Waals surface area contributed by atoms with Crippen LogP contribution in [0.25, 0.3) is 0 Å². The van der Waals surface area contributed by atoms with Gasteiger partial charge in [0.05, 0.1) is 5.02 Å². The average Bonchev–Trinajstić information content (AvgIpc) is 2.86. The quantitative estimate of drug-likeness (QED) is 0.791. The molecule has 102 valence electrons. The molecule has 0 radical (unpaired) electrons. The van der Waals surface area contributed by atoms with Gasteiger partial charge in [-0.3, -0.25) is 0 Å². The third-order valence-corrected chi connectivity index (χ3v) is 4.67. The topological polar surface area (TPSA) is 23.5 Å². The highest BCUT2D eigenvalue weighted by Gasteiger charge is 2.26. The van der Waals surface area contributed by atoms with E-state index >= 15 is 0 Å². The van der Waals surface area contributed by atoms with Gasteiger partial charge in [-0.25, -0.2) is 0 Å². The number of fused-ring (bicyclic) bond motifs is 1. The summed E-state index contributed by atoms with van der Waals surface area (Å²) >= 11 is 6.06. The van der Waals surface area contributed by atoms with Crippen molar-refractivity contribution in [3.8, 4) is 5.75 Å². The van der Waals surface area contributed by atoms with Gasteiger partial charge in [-0.2, -0.15) is 0 Å². The van der Waals surface area contributed by atoms with Crippen molar-refractivity contribution in [2.24, 2.45) is 0 Å². The van der Waals surface area contributed by atoms with Gasteiger partial charge in [0.15, 0.2) is 0 Å². The third-order valence-electron chi connectivity index (χ3n) is 4.36. The van der Waals surface area contributed by atoms with Gasteiger partial charge < -0.3 is 10.0 Å². The Kier molecular flexibility index (Phi) is 3.55. The van der Waals surface area contributed by atoms with Crippen LogP contribution in [0.5, 0.6) is 5.75 Å². The highest BCUT2D eigenvalue weighted by Crippen LogP contribution is 2.39. The molecule has 1 N–H and O–H groups in total. The molecule has 2 nitrogen and oxygen atoms in total. The molecule has 0 fully saturated rings. The number of aromatic hydroxyl groups is 1. The van der Waals surface area contributed by atoms with E-state index in [0.29, 0.717) is 10.9 Å². The minimum Gasteiger partial charge on any atom is -0.506 e. The third kappa shape index (κ3) is 2.52. The minimum absolute atomic E-state index is 0.216. The summed E-state index contributed by atoms with van der Waals surface area (Å²) in [6.07, 6.45) is 7.06. The second-order valence-corrected chi connectivity index (χ2v) is 6.15. The van der Waals surface area contributed by atoms with Gasteiger partial charge >= 0.3 is 0 Å². The van der Waals surface area contributed by atoms with Crippen LogP contribution in [0, 0.1) is 0 Å². The number of nitrogens with zero attached hydrogens (tertiary/aromatic N) is 1. The Morgan fingerprint density at radius 1 is 1.32 bits per heavy atom. The Morgan fingerprint density at radius 2 is 2.16 bits per heavy atom. The zero-order valence-electron chi connectivity index (χ0n) is 11.3. The molecule has 0 bridgehead atoms. The minimum atomic E-state index is 0.216. The Morgan fingerprint density at radius 3 is 2.89 bits per heavy atom. The molecule has 1 atom stereocenters. The van der Waals surface area contributed by atoms with Crippen LogP contribution in [-0.4, -0.2) is 30.1 Å². The number of halogens is 1. The van der Waals surface area contributed by atoms with Crippen molar-refractivity contribution in [2.75, 3.05) is 20.1 Å². The van der Waals surface area contributed by atoms with E-state index in [0.717, 1.165) is 19.5 Å². The molecule has 19 heavy (non-hydrogen) atoms. The fraction of sp³-hybridized carbons (Fsp3) is 0.500. The van der Waals surface area contributed by atoms with Crippen molar-refractivity contribution >= 4 is 11.6 Å². The number of phenols is 1. The number of rotatable bonds is 1. The zero-order chi connectivity index (χ0) is 13.4. The molecule has 1 aliphatic carbocycles. The SMILES string of the molecule is CN1CCc2cc(Cl)c(O)cc2[C@@H](C2=CCCC2)C1. The van der Waals surface area contributed by atoms with Gasteiger partial charge in [-0.1, -0.05) is 23.3 Å². The van der Waals surface area contributed by atoms with E-state index in [1.165, 1.54) is 36.0 Å². The summed E-state index contributed by atoms with van der Waals surface area (Å²) in [5.41, 5.74) is 4.11. The van der Waals surface area contributed by atoms with Crippen LogP contribution in [0.3, 0.4) is 0 Å². The summed E-state index contributed by atoms with van der Waals surface area (Å²) in [5.74, 6) is 0.640. The molecule has 0 saturated heterocycles. The number of allylic oxidation sites excluding steroid dienone is 1. The second-order valence-electron chi connectivity index (χ2n) is 5.74. The van der Waals surface area contributed by atoms with Crippen molar-refractivity contribution in [1.82, 2.24) is 4.90 Å². The van der Waals surface area contributed by atoms with Crippen LogP contribution in [0.1, 0.15) is 36.3 Å². The summed E-state index contributed by atoms with van der Waals surface area (Å²) in [6.45, 7) is 2.10.